The van der Waals surface area contributed by atoms with Crippen molar-refractivity contribution in [3.63, 3.8) is 0 Å². The molecule has 0 aromatic heterocycles. The van der Waals surface area contributed by atoms with Crippen LogP contribution in [-0.4, -0.2) is 42.4 Å². The van der Waals surface area contributed by atoms with E-state index in [0.29, 0.717) is 17.6 Å². The molecule has 21 heavy (non-hydrogen) atoms. The predicted octanol–water partition coefficient (Wildman–Crippen LogP) is -0.0772. The molecule has 6 heteroatoms. The molecule has 1 aromatic carbocycles. The number of aliphatic hydroxyl groups is 1. The van der Waals surface area contributed by atoms with Crippen molar-refractivity contribution in [1.29, 1.82) is 0 Å². The topological polar surface area (TPSA) is 84.8 Å². The molecule has 0 aliphatic rings. The molecular weight excluding hydrogens is 267 g/mol. The van der Waals surface area contributed by atoms with Gasteiger partial charge in [-0.25, -0.2) is 0 Å². The minimum atomic E-state index is -1.48. The van der Waals surface area contributed by atoms with Crippen molar-refractivity contribution in [2.45, 2.75) is 26.0 Å². The quantitative estimate of drug-likeness (QED) is 0.210. The first-order valence-corrected chi connectivity index (χ1v) is 7.04. The molecule has 0 aliphatic heterocycles. The number of benzene rings is 1. The molecule has 5 nitrogen and oxygen atoms in total. The average molecular weight is 294 g/mol. The fraction of sp³-hybridized carbons (Fsp3) is 0.467. The van der Waals surface area contributed by atoms with E-state index in [0.717, 1.165) is 13.0 Å². The Morgan fingerprint density at radius 2 is 1.76 bits per heavy atom. The fourth-order valence-electron chi connectivity index (χ4n) is 1.68. The third kappa shape index (κ3) is 7.99. The predicted molar refractivity (Wildman–Crippen MR) is 88.3 cm³/mol. The number of hydrogen-bond acceptors (Lipinski definition) is 5. The van der Waals surface area contributed by atoms with Crippen LogP contribution in [0.15, 0.2) is 36.9 Å². The molecule has 1 atom stereocenters. The molecule has 5 N–H and O–H groups in total. The monoisotopic (exact) mass is 294 g/mol. The second-order valence-electron chi connectivity index (χ2n) is 4.86. The lowest BCUT2D eigenvalue weighted by molar-refractivity contribution is 0.0201. The summed E-state index contributed by atoms with van der Waals surface area (Å²) in [5.74, 6) is 0. The van der Waals surface area contributed by atoms with Crippen LogP contribution in [-0.2, 0) is 5.72 Å². The maximum Gasteiger partial charge on any atom is 0.488 e. The molecule has 1 aromatic rings. The first kappa shape index (κ1) is 19.8. The van der Waals surface area contributed by atoms with Crippen LogP contribution in [0.3, 0.4) is 0 Å². The van der Waals surface area contributed by atoms with Gasteiger partial charge in [-0.1, -0.05) is 30.3 Å². The van der Waals surface area contributed by atoms with Gasteiger partial charge in [0.2, 0.25) is 0 Å². The van der Waals surface area contributed by atoms with Gasteiger partial charge >= 0.3 is 7.12 Å². The van der Waals surface area contributed by atoms with Crippen LogP contribution in [0.25, 0.3) is 0 Å². The summed E-state index contributed by atoms with van der Waals surface area (Å²) >= 11 is 0. The molecule has 0 radical (unpaired) electrons. The summed E-state index contributed by atoms with van der Waals surface area (Å²) in [6.45, 7) is 8.51. The second-order valence-corrected chi connectivity index (χ2v) is 4.86. The van der Waals surface area contributed by atoms with Gasteiger partial charge in [0.1, 0.15) is 5.72 Å². The summed E-state index contributed by atoms with van der Waals surface area (Å²) in [5.41, 5.74) is -0.0201. The third-order valence-electron chi connectivity index (χ3n) is 2.84. The summed E-state index contributed by atoms with van der Waals surface area (Å²) < 4.78 is 0. The van der Waals surface area contributed by atoms with Crippen LogP contribution in [0, 0.1) is 0 Å². The molecule has 0 fully saturated rings. The van der Waals surface area contributed by atoms with Crippen LogP contribution in [0.2, 0.25) is 0 Å². The van der Waals surface area contributed by atoms with Crippen LogP contribution in [0.1, 0.15) is 25.8 Å². The molecule has 118 valence electrons. The van der Waals surface area contributed by atoms with E-state index < -0.39 is 12.8 Å². The zero-order valence-corrected chi connectivity index (χ0v) is 13.1. The molecule has 1 rings (SSSR count). The molecular formula is C15H27BN2O3. The highest BCUT2D eigenvalue weighted by atomic mass is 16.4. The normalized spacial score (nSPS) is 12.9. The van der Waals surface area contributed by atoms with Crippen molar-refractivity contribution < 1.29 is 15.2 Å². The van der Waals surface area contributed by atoms with Crippen LogP contribution < -0.4 is 16.1 Å². The number of hydrogen-bond donors (Lipinski definition) is 5. The van der Waals surface area contributed by atoms with E-state index in [4.69, 9.17) is 10.0 Å². The average Bonchev–Trinajstić information content (AvgIpc) is 2.44. The van der Waals surface area contributed by atoms with Gasteiger partial charge in [0.05, 0.1) is 0 Å². The largest absolute Gasteiger partial charge is 0.488 e. The zero-order valence-electron chi connectivity index (χ0n) is 13.1. The van der Waals surface area contributed by atoms with Crippen molar-refractivity contribution in [2.75, 3.05) is 20.1 Å². The van der Waals surface area contributed by atoms with Gasteiger partial charge in [-0.15, -0.1) is 6.58 Å². The van der Waals surface area contributed by atoms with E-state index in [2.05, 4.69) is 17.2 Å². The Balaban J connectivity index is 0.00000122. The van der Waals surface area contributed by atoms with Crippen molar-refractivity contribution in [2.24, 2.45) is 0 Å². The minimum Gasteiger partial charge on any atom is -0.423 e. The Labute approximate surface area is 127 Å². The van der Waals surface area contributed by atoms with Crippen molar-refractivity contribution >= 4 is 12.6 Å². The van der Waals surface area contributed by atoms with E-state index >= 15 is 0 Å². The van der Waals surface area contributed by atoms with E-state index in [1.807, 2.05) is 14.0 Å². The summed E-state index contributed by atoms with van der Waals surface area (Å²) in [4.78, 5) is 0. The maximum absolute atomic E-state index is 10.3. The smallest absolute Gasteiger partial charge is 0.423 e. The summed E-state index contributed by atoms with van der Waals surface area (Å²) in [6.07, 6.45) is 2.67. The highest BCUT2D eigenvalue weighted by molar-refractivity contribution is 6.58. The van der Waals surface area contributed by atoms with E-state index in [-0.39, 0.29) is 0 Å². The van der Waals surface area contributed by atoms with Gasteiger partial charge in [-0.3, -0.25) is 5.32 Å². The van der Waals surface area contributed by atoms with Crippen molar-refractivity contribution in [3.05, 3.63) is 42.5 Å². The van der Waals surface area contributed by atoms with Gasteiger partial charge in [-0.2, -0.15) is 0 Å². The standard InChI is InChI=1S/C12H21BN2O3.C3H6/c1-12(16,15-9-3-8-14-2)10-4-6-11(7-5-10)13(17)18;1-3-2/h4-7,14-18H,3,8-9H2,1-2H3;3H,1H2,2H3. The molecule has 0 saturated heterocycles. The van der Waals surface area contributed by atoms with Crippen LogP contribution >= 0.6 is 0 Å². The Kier molecular flexibility index (Phi) is 9.95. The molecule has 0 spiro atoms. The van der Waals surface area contributed by atoms with E-state index in [1.54, 1.807) is 37.3 Å². The Morgan fingerprint density at radius 1 is 1.24 bits per heavy atom. The van der Waals surface area contributed by atoms with Gasteiger partial charge in [0, 0.05) is 0 Å². The first-order chi connectivity index (χ1) is 9.88. The Morgan fingerprint density at radius 3 is 2.19 bits per heavy atom. The fourth-order valence-corrected chi connectivity index (χ4v) is 1.68. The van der Waals surface area contributed by atoms with Gasteiger partial charge in [-0.05, 0) is 51.4 Å². The highest BCUT2D eigenvalue weighted by Crippen LogP contribution is 2.15. The third-order valence-corrected chi connectivity index (χ3v) is 2.84. The number of allylic oxidation sites excluding steroid dienone is 1. The van der Waals surface area contributed by atoms with Gasteiger partial charge < -0.3 is 20.5 Å². The lowest BCUT2D eigenvalue weighted by Crippen LogP contribution is -2.41. The molecule has 0 bridgehead atoms. The van der Waals surface area contributed by atoms with Crippen molar-refractivity contribution in [1.82, 2.24) is 10.6 Å². The molecule has 0 heterocycles. The van der Waals surface area contributed by atoms with E-state index in [1.165, 1.54) is 0 Å². The SMILES string of the molecule is C=CC.CNCCCNC(C)(O)c1ccc(B(O)O)cc1. The molecule has 0 aliphatic carbocycles. The summed E-state index contributed by atoms with van der Waals surface area (Å²) in [5, 5.41) is 34.3. The Bertz CT molecular complexity index is 394. The number of nitrogens with one attached hydrogen (secondary N) is 2. The highest BCUT2D eigenvalue weighted by Gasteiger charge is 2.22. The molecule has 0 saturated carbocycles. The minimum absolute atomic E-state index is 0.407. The van der Waals surface area contributed by atoms with Crippen molar-refractivity contribution in [3.8, 4) is 0 Å². The van der Waals surface area contributed by atoms with Crippen LogP contribution in [0.5, 0.6) is 0 Å². The Hall–Kier alpha value is -1.18. The second kappa shape index (κ2) is 10.5. The van der Waals surface area contributed by atoms with Gasteiger partial charge in [0.25, 0.3) is 0 Å². The summed E-state index contributed by atoms with van der Waals surface area (Å²) in [6, 6.07) is 6.53. The molecule has 1 unspecified atom stereocenters. The first-order valence-electron chi connectivity index (χ1n) is 7.04. The lowest BCUT2D eigenvalue weighted by atomic mass is 9.79. The number of rotatable bonds is 7. The van der Waals surface area contributed by atoms with Gasteiger partial charge in [0.15, 0.2) is 0 Å². The lowest BCUT2D eigenvalue weighted by Gasteiger charge is -2.25. The van der Waals surface area contributed by atoms with Crippen LogP contribution in [0.4, 0.5) is 0 Å². The summed E-state index contributed by atoms with van der Waals surface area (Å²) in [7, 11) is 0.407. The molecule has 0 amide bonds. The zero-order chi connectivity index (χ0) is 16.3. The van der Waals surface area contributed by atoms with E-state index in [9.17, 15) is 5.11 Å². The maximum atomic E-state index is 10.3.